The number of carbonyl (C=O) groups is 2. The summed E-state index contributed by atoms with van der Waals surface area (Å²) in [6.07, 6.45) is 0.214. The smallest absolute Gasteiger partial charge is 0.229 e. The first-order valence-corrected chi connectivity index (χ1v) is 10.1. The maximum atomic E-state index is 12.9. The third-order valence-electron chi connectivity index (χ3n) is 5.79. The van der Waals surface area contributed by atoms with Crippen LogP contribution in [0.4, 0.5) is 11.4 Å². The summed E-state index contributed by atoms with van der Waals surface area (Å²) in [5, 5.41) is 5.03. The van der Waals surface area contributed by atoms with Gasteiger partial charge in [0.15, 0.2) is 0 Å². The van der Waals surface area contributed by atoms with Crippen molar-refractivity contribution in [2.24, 2.45) is 5.92 Å². The lowest BCUT2D eigenvalue weighted by molar-refractivity contribution is -0.122. The molecule has 30 heavy (non-hydrogen) atoms. The molecule has 0 spiro atoms. The highest BCUT2D eigenvalue weighted by Gasteiger charge is 2.35. The minimum atomic E-state index is -0.385. The molecule has 5 nitrogen and oxygen atoms in total. The molecule has 1 N–H and O–H groups in total. The standard InChI is InChI=1S/C25H22N2O3/c1-15-7-10-21(16(2)11-15)27-14-17(12-24(27)28)25(29)26-18-8-9-20-19-5-3-4-6-22(19)30-23(20)13-18/h3-11,13,17H,12,14H2,1-2H3,(H,26,29). The van der Waals surface area contributed by atoms with E-state index in [9.17, 15) is 9.59 Å². The molecule has 0 saturated carbocycles. The maximum absolute atomic E-state index is 12.9. The SMILES string of the molecule is Cc1ccc(N2CC(C(=O)Nc3ccc4c(c3)oc3ccccc34)CC2=O)c(C)c1. The zero-order chi connectivity index (χ0) is 20.8. The highest BCUT2D eigenvalue weighted by atomic mass is 16.3. The molecule has 5 rings (SSSR count). The summed E-state index contributed by atoms with van der Waals surface area (Å²) in [6.45, 7) is 4.41. The Bertz CT molecular complexity index is 1300. The molecule has 5 heteroatoms. The molecule has 1 aliphatic heterocycles. The number of fused-ring (bicyclic) bond motifs is 3. The third kappa shape index (κ3) is 3.12. The van der Waals surface area contributed by atoms with Crippen molar-refractivity contribution in [3.63, 3.8) is 0 Å². The van der Waals surface area contributed by atoms with Crippen molar-refractivity contribution in [1.82, 2.24) is 0 Å². The number of hydrogen-bond donors (Lipinski definition) is 1. The zero-order valence-electron chi connectivity index (χ0n) is 16.9. The highest BCUT2D eigenvalue weighted by Crippen LogP contribution is 2.32. The number of hydrogen-bond acceptors (Lipinski definition) is 3. The van der Waals surface area contributed by atoms with Crippen molar-refractivity contribution in [2.75, 3.05) is 16.8 Å². The Morgan fingerprint density at radius 1 is 1.00 bits per heavy atom. The molecule has 150 valence electrons. The van der Waals surface area contributed by atoms with Crippen LogP contribution < -0.4 is 10.2 Å². The number of benzene rings is 3. The number of para-hydroxylation sites is 1. The lowest BCUT2D eigenvalue weighted by Crippen LogP contribution is -2.28. The van der Waals surface area contributed by atoms with Gasteiger partial charge in [0.1, 0.15) is 11.2 Å². The van der Waals surface area contributed by atoms with E-state index in [0.29, 0.717) is 12.2 Å². The van der Waals surface area contributed by atoms with Crippen molar-refractivity contribution >= 4 is 45.1 Å². The van der Waals surface area contributed by atoms with Crippen LogP contribution in [-0.2, 0) is 9.59 Å². The van der Waals surface area contributed by atoms with Gasteiger partial charge < -0.3 is 14.6 Å². The van der Waals surface area contributed by atoms with Crippen LogP contribution >= 0.6 is 0 Å². The second-order valence-electron chi connectivity index (χ2n) is 7.99. The number of aryl methyl sites for hydroxylation is 2. The van der Waals surface area contributed by atoms with Gasteiger partial charge in [0.25, 0.3) is 0 Å². The molecule has 4 aromatic rings. The fraction of sp³-hybridized carbons (Fsp3) is 0.200. The fourth-order valence-electron chi connectivity index (χ4n) is 4.27. The summed E-state index contributed by atoms with van der Waals surface area (Å²) in [5.74, 6) is -0.550. The van der Waals surface area contributed by atoms with Gasteiger partial charge in [-0.3, -0.25) is 9.59 Å². The van der Waals surface area contributed by atoms with Crippen LogP contribution in [-0.4, -0.2) is 18.4 Å². The highest BCUT2D eigenvalue weighted by molar-refractivity contribution is 6.07. The molecule has 1 unspecified atom stereocenters. The van der Waals surface area contributed by atoms with Gasteiger partial charge in [-0.05, 0) is 43.7 Å². The molecule has 1 saturated heterocycles. The largest absolute Gasteiger partial charge is 0.456 e. The average Bonchev–Trinajstić information content (AvgIpc) is 3.28. The van der Waals surface area contributed by atoms with Crippen molar-refractivity contribution in [3.05, 3.63) is 71.8 Å². The van der Waals surface area contributed by atoms with Crippen LogP contribution in [0.25, 0.3) is 21.9 Å². The number of nitrogens with zero attached hydrogens (tertiary/aromatic N) is 1. The summed E-state index contributed by atoms with van der Waals surface area (Å²) in [4.78, 5) is 27.2. The van der Waals surface area contributed by atoms with Crippen LogP contribution in [0.1, 0.15) is 17.5 Å². The van der Waals surface area contributed by atoms with Crippen LogP contribution in [0.5, 0.6) is 0 Å². The average molecular weight is 398 g/mol. The van der Waals surface area contributed by atoms with Gasteiger partial charge in [0.2, 0.25) is 11.8 Å². The molecule has 2 heterocycles. The topological polar surface area (TPSA) is 62.6 Å². The summed E-state index contributed by atoms with van der Waals surface area (Å²) in [5.41, 5.74) is 5.29. The molecule has 3 aromatic carbocycles. The predicted octanol–water partition coefficient (Wildman–Crippen LogP) is 5.19. The van der Waals surface area contributed by atoms with Crippen LogP contribution in [0, 0.1) is 19.8 Å². The van der Waals surface area contributed by atoms with E-state index >= 15 is 0 Å². The molecule has 1 aliphatic rings. The normalized spacial score (nSPS) is 16.5. The van der Waals surface area contributed by atoms with Gasteiger partial charge in [-0.25, -0.2) is 0 Å². The van der Waals surface area contributed by atoms with Crippen molar-refractivity contribution in [2.45, 2.75) is 20.3 Å². The molecular weight excluding hydrogens is 376 g/mol. The quantitative estimate of drug-likeness (QED) is 0.516. The molecule has 0 aliphatic carbocycles. The summed E-state index contributed by atoms with van der Waals surface area (Å²) >= 11 is 0. The van der Waals surface area contributed by atoms with E-state index in [4.69, 9.17) is 4.42 Å². The Labute approximate surface area is 174 Å². The Kier molecular flexibility index (Phi) is 4.31. The van der Waals surface area contributed by atoms with E-state index in [1.165, 1.54) is 0 Å². The zero-order valence-corrected chi connectivity index (χ0v) is 16.9. The Morgan fingerprint density at radius 3 is 2.63 bits per heavy atom. The monoisotopic (exact) mass is 398 g/mol. The lowest BCUT2D eigenvalue weighted by atomic mass is 10.1. The van der Waals surface area contributed by atoms with E-state index in [0.717, 1.165) is 38.8 Å². The molecule has 1 aromatic heterocycles. The summed E-state index contributed by atoms with van der Waals surface area (Å²) < 4.78 is 5.90. The number of furan rings is 1. The van der Waals surface area contributed by atoms with E-state index in [1.54, 1.807) is 4.90 Å². The van der Waals surface area contributed by atoms with E-state index in [-0.39, 0.29) is 24.2 Å². The minimum absolute atomic E-state index is 0.0187. The van der Waals surface area contributed by atoms with Crippen molar-refractivity contribution in [1.29, 1.82) is 0 Å². The second-order valence-corrected chi connectivity index (χ2v) is 7.99. The van der Waals surface area contributed by atoms with Gasteiger partial charge in [-0.1, -0.05) is 35.9 Å². The molecule has 2 amide bonds. The van der Waals surface area contributed by atoms with Crippen LogP contribution in [0.3, 0.4) is 0 Å². The minimum Gasteiger partial charge on any atom is -0.456 e. The van der Waals surface area contributed by atoms with Gasteiger partial charge >= 0.3 is 0 Å². The second kappa shape index (κ2) is 7.02. The predicted molar refractivity (Wildman–Crippen MR) is 119 cm³/mol. The van der Waals surface area contributed by atoms with Crippen molar-refractivity contribution < 1.29 is 14.0 Å². The number of rotatable bonds is 3. The van der Waals surface area contributed by atoms with Gasteiger partial charge in [-0.15, -0.1) is 0 Å². The molecule has 1 fully saturated rings. The number of anilines is 2. The van der Waals surface area contributed by atoms with Crippen LogP contribution in [0.15, 0.2) is 65.1 Å². The van der Waals surface area contributed by atoms with Gasteiger partial charge in [0.05, 0.1) is 5.92 Å². The first-order valence-electron chi connectivity index (χ1n) is 10.1. The maximum Gasteiger partial charge on any atom is 0.229 e. The van der Waals surface area contributed by atoms with Gasteiger partial charge in [-0.2, -0.15) is 0 Å². The number of amides is 2. The Balaban J connectivity index is 1.35. The van der Waals surface area contributed by atoms with Gasteiger partial charge in [0, 0.05) is 41.2 Å². The number of nitrogens with one attached hydrogen (secondary N) is 1. The molecule has 0 bridgehead atoms. The summed E-state index contributed by atoms with van der Waals surface area (Å²) in [7, 11) is 0. The van der Waals surface area contributed by atoms with E-state index < -0.39 is 0 Å². The third-order valence-corrected chi connectivity index (χ3v) is 5.79. The van der Waals surface area contributed by atoms with Crippen LogP contribution in [0.2, 0.25) is 0 Å². The Hall–Kier alpha value is -3.60. The Morgan fingerprint density at radius 2 is 1.80 bits per heavy atom. The lowest BCUT2D eigenvalue weighted by Gasteiger charge is -2.19. The molecule has 0 radical (unpaired) electrons. The number of carbonyl (C=O) groups excluding carboxylic acids is 2. The summed E-state index contributed by atoms with van der Waals surface area (Å²) in [6, 6.07) is 19.5. The first-order chi connectivity index (χ1) is 14.5. The van der Waals surface area contributed by atoms with E-state index in [2.05, 4.69) is 11.4 Å². The molecular formula is C25H22N2O3. The first kappa shape index (κ1) is 18.4. The molecule has 1 atom stereocenters. The van der Waals surface area contributed by atoms with E-state index in [1.807, 2.05) is 68.4 Å². The fourth-order valence-corrected chi connectivity index (χ4v) is 4.27. The van der Waals surface area contributed by atoms with Crippen molar-refractivity contribution in [3.8, 4) is 0 Å².